The van der Waals surface area contributed by atoms with E-state index in [4.69, 9.17) is 0 Å². The standard InChI is InChI=1S/C27H28N4O3S/c1-35-22-23(27(24(22)32)11-3-2-4-12-27)31-21(26(33)34)15-17-5-7-19(8-6-17)30-25-20-16-28-13-9-18(20)10-14-29-25/h5-10,13-14,16,21,31H,2-4,11-12,15H2,1H3,(H,29,30)(H,33,34)/t21-/m0/s1. The maximum Gasteiger partial charge on any atom is 0.326 e. The number of hydrogen-bond donors (Lipinski definition) is 3. The first kappa shape index (κ1) is 23.4. The first-order valence-corrected chi connectivity index (χ1v) is 13.1. The number of nitrogens with one attached hydrogen (secondary N) is 2. The van der Waals surface area contributed by atoms with Crippen LogP contribution < -0.4 is 10.6 Å². The number of carbonyl (C=O) groups excluding carboxylic acids is 1. The van der Waals surface area contributed by atoms with Crippen LogP contribution in [0.5, 0.6) is 0 Å². The van der Waals surface area contributed by atoms with E-state index in [0.717, 1.165) is 65.6 Å². The number of allylic oxidation sites excluding steroid dienone is 2. The van der Waals surface area contributed by atoms with Crippen molar-refractivity contribution in [1.29, 1.82) is 0 Å². The van der Waals surface area contributed by atoms with E-state index in [1.807, 2.05) is 42.7 Å². The van der Waals surface area contributed by atoms with Gasteiger partial charge in [-0.2, -0.15) is 0 Å². The first-order chi connectivity index (χ1) is 17.0. The molecule has 2 heterocycles. The number of pyridine rings is 2. The summed E-state index contributed by atoms with van der Waals surface area (Å²) in [6, 6.07) is 10.8. The van der Waals surface area contributed by atoms with Gasteiger partial charge in [0.2, 0.25) is 0 Å². The van der Waals surface area contributed by atoms with Gasteiger partial charge in [-0.05, 0) is 54.3 Å². The SMILES string of the molecule is CSC1=C(N[C@@H](Cc2ccc(Nc3nccc4ccncc34)cc2)C(=O)O)C2(CCCCC2)C1=O. The van der Waals surface area contributed by atoms with Crippen LogP contribution in [0.2, 0.25) is 0 Å². The van der Waals surface area contributed by atoms with Gasteiger partial charge in [0, 0.05) is 41.8 Å². The van der Waals surface area contributed by atoms with Crippen molar-refractivity contribution in [2.45, 2.75) is 44.6 Å². The Kier molecular flexibility index (Phi) is 6.47. The van der Waals surface area contributed by atoms with Gasteiger partial charge in [-0.3, -0.25) is 9.78 Å². The second-order valence-corrected chi connectivity index (χ2v) is 10.0. The summed E-state index contributed by atoms with van der Waals surface area (Å²) in [5, 5.41) is 18.5. The predicted molar refractivity (Wildman–Crippen MR) is 139 cm³/mol. The van der Waals surface area contributed by atoms with E-state index in [9.17, 15) is 14.7 Å². The number of carboxylic acid groups (broad SMARTS) is 1. The minimum Gasteiger partial charge on any atom is -0.480 e. The Labute approximate surface area is 208 Å². The number of benzene rings is 1. The summed E-state index contributed by atoms with van der Waals surface area (Å²) in [5.74, 6) is -0.0145. The maximum atomic E-state index is 12.9. The number of carbonyl (C=O) groups is 2. The van der Waals surface area contributed by atoms with E-state index < -0.39 is 17.4 Å². The molecule has 1 spiro atoms. The van der Waals surface area contributed by atoms with Gasteiger partial charge in [-0.1, -0.05) is 31.4 Å². The monoisotopic (exact) mass is 488 g/mol. The molecular weight excluding hydrogens is 460 g/mol. The quantitative estimate of drug-likeness (QED) is 0.404. The van der Waals surface area contributed by atoms with Crippen LogP contribution in [0.1, 0.15) is 37.7 Å². The van der Waals surface area contributed by atoms with Crippen molar-refractivity contribution in [2.24, 2.45) is 5.41 Å². The van der Waals surface area contributed by atoms with Crippen molar-refractivity contribution in [2.75, 3.05) is 11.6 Å². The topological polar surface area (TPSA) is 104 Å². The Morgan fingerprint density at radius 2 is 1.86 bits per heavy atom. The number of Topliss-reactive ketones (excluding diaryl/α,β-unsaturated/α-hetero) is 1. The summed E-state index contributed by atoms with van der Waals surface area (Å²) in [6.07, 6.45) is 12.2. The third-order valence-electron chi connectivity index (χ3n) is 7.10. The molecule has 5 rings (SSSR count). The molecule has 35 heavy (non-hydrogen) atoms. The largest absolute Gasteiger partial charge is 0.480 e. The highest BCUT2D eigenvalue weighted by molar-refractivity contribution is 8.03. The third-order valence-corrected chi connectivity index (χ3v) is 7.90. The number of anilines is 2. The van der Waals surface area contributed by atoms with Gasteiger partial charge in [-0.15, -0.1) is 11.8 Å². The number of carboxylic acids is 1. The molecule has 0 radical (unpaired) electrons. The number of fused-ring (bicyclic) bond motifs is 1. The fourth-order valence-corrected chi connectivity index (χ4v) is 6.05. The minimum absolute atomic E-state index is 0.184. The highest BCUT2D eigenvalue weighted by atomic mass is 32.2. The predicted octanol–water partition coefficient (Wildman–Crippen LogP) is 5.07. The Hall–Kier alpha value is -3.39. The Morgan fingerprint density at radius 3 is 2.57 bits per heavy atom. The van der Waals surface area contributed by atoms with E-state index >= 15 is 0 Å². The lowest BCUT2D eigenvalue weighted by Crippen LogP contribution is -2.53. The second-order valence-electron chi connectivity index (χ2n) is 9.20. The number of thioether (sulfide) groups is 1. The summed E-state index contributed by atoms with van der Waals surface area (Å²) < 4.78 is 0. The van der Waals surface area contributed by atoms with Gasteiger partial charge in [-0.25, -0.2) is 9.78 Å². The number of nitrogens with zero attached hydrogens (tertiary/aromatic N) is 2. The first-order valence-electron chi connectivity index (χ1n) is 11.9. The number of ketones is 1. The average Bonchev–Trinajstić information content (AvgIpc) is 2.89. The molecule has 8 heteroatoms. The number of aliphatic carboxylic acids is 1. The zero-order valence-corrected chi connectivity index (χ0v) is 20.4. The van der Waals surface area contributed by atoms with E-state index in [1.54, 1.807) is 18.6 Å². The second kappa shape index (κ2) is 9.70. The molecule has 1 fully saturated rings. The van der Waals surface area contributed by atoms with Gasteiger partial charge >= 0.3 is 5.97 Å². The molecule has 180 valence electrons. The minimum atomic E-state index is -0.919. The summed E-state index contributed by atoms with van der Waals surface area (Å²) in [7, 11) is 0. The molecule has 2 aliphatic rings. The molecule has 1 atom stereocenters. The van der Waals surface area contributed by atoms with Crippen molar-refractivity contribution in [1.82, 2.24) is 15.3 Å². The Morgan fingerprint density at radius 1 is 1.11 bits per heavy atom. The number of aromatic nitrogens is 2. The fourth-order valence-electron chi connectivity index (χ4n) is 5.21. The molecule has 3 N–H and O–H groups in total. The highest BCUT2D eigenvalue weighted by Crippen LogP contribution is 2.54. The highest BCUT2D eigenvalue weighted by Gasteiger charge is 2.54. The van der Waals surface area contributed by atoms with Gasteiger partial charge in [0.1, 0.15) is 11.9 Å². The van der Waals surface area contributed by atoms with Crippen molar-refractivity contribution in [3.05, 3.63) is 71.2 Å². The molecule has 0 amide bonds. The Bertz CT molecular complexity index is 1290. The smallest absolute Gasteiger partial charge is 0.326 e. The van der Waals surface area contributed by atoms with Crippen LogP contribution in [0.4, 0.5) is 11.5 Å². The van der Waals surface area contributed by atoms with Crippen molar-refractivity contribution in [3.63, 3.8) is 0 Å². The van der Waals surface area contributed by atoms with Gasteiger partial charge in [0.25, 0.3) is 0 Å². The van der Waals surface area contributed by atoms with Crippen LogP contribution in [0.15, 0.2) is 65.6 Å². The lowest BCUT2D eigenvalue weighted by molar-refractivity contribution is -0.140. The molecule has 1 saturated carbocycles. The fraction of sp³-hybridized carbons (Fsp3) is 0.333. The normalized spacial score (nSPS) is 17.8. The van der Waals surface area contributed by atoms with Gasteiger partial charge in [0.15, 0.2) is 5.78 Å². The summed E-state index contributed by atoms with van der Waals surface area (Å²) >= 11 is 1.41. The number of hydrogen-bond acceptors (Lipinski definition) is 7. The van der Waals surface area contributed by atoms with E-state index in [0.29, 0.717) is 11.3 Å². The maximum absolute atomic E-state index is 12.9. The van der Waals surface area contributed by atoms with Crippen molar-refractivity contribution < 1.29 is 14.7 Å². The van der Waals surface area contributed by atoms with Gasteiger partial charge < -0.3 is 15.7 Å². The molecule has 0 bridgehead atoms. The lowest BCUT2D eigenvalue weighted by atomic mass is 9.62. The van der Waals surface area contributed by atoms with Crippen LogP contribution in [-0.2, 0) is 16.0 Å². The molecule has 3 aromatic rings. The molecule has 0 saturated heterocycles. The molecule has 1 aromatic carbocycles. The molecule has 0 aliphatic heterocycles. The number of rotatable bonds is 8. The van der Waals surface area contributed by atoms with Gasteiger partial charge in [0.05, 0.1) is 10.3 Å². The zero-order chi connectivity index (χ0) is 24.4. The molecule has 7 nitrogen and oxygen atoms in total. The van der Waals surface area contributed by atoms with E-state index in [-0.39, 0.29) is 5.78 Å². The van der Waals surface area contributed by atoms with E-state index in [1.165, 1.54) is 11.8 Å². The summed E-state index contributed by atoms with van der Waals surface area (Å²) in [6.45, 7) is 0. The summed E-state index contributed by atoms with van der Waals surface area (Å²) in [4.78, 5) is 34.3. The summed E-state index contributed by atoms with van der Waals surface area (Å²) in [5.41, 5.74) is 2.10. The lowest BCUT2D eigenvalue weighted by Gasteiger charge is -2.47. The van der Waals surface area contributed by atoms with Crippen LogP contribution in [0, 0.1) is 5.41 Å². The van der Waals surface area contributed by atoms with E-state index in [2.05, 4.69) is 20.6 Å². The van der Waals surface area contributed by atoms with Crippen LogP contribution in [0.25, 0.3) is 10.8 Å². The van der Waals surface area contributed by atoms with Crippen molar-refractivity contribution >= 4 is 45.8 Å². The van der Waals surface area contributed by atoms with Crippen LogP contribution in [0.3, 0.4) is 0 Å². The Balaban J connectivity index is 1.31. The average molecular weight is 489 g/mol. The van der Waals surface area contributed by atoms with Crippen LogP contribution >= 0.6 is 11.8 Å². The molecule has 0 unspecified atom stereocenters. The third kappa shape index (κ3) is 4.38. The zero-order valence-electron chi connectivity index (χ0n) is 19.6. The van der Waals surface area contributed by atoms with Crippen LogP contribution in [-0.4, -0.2) is 39.1 Å². The van der Waals surface area contributed by atoms with Crippen molar-refractivity contribution in [3.8, 4) is 0 Å². The molecular formula is C27H28N4O3S. The molecule has 2 aliphatic carbocycles. The molecule has 2 aromatic heterocycles.